The molecule has 1 aliphatic carbocycles. The van der Waals surface area contributed by atoms with E-state index in [1.807, 2.05) is 6.07 Å². The van der Waals surface area contributed by atoms with Crippen LogP contribution in [0.25, 0.3) is 0 Å². The summed E-state index contributed by atoms with van der Waals surface area (Å²) in [6.07, 6.45) is 1.99. The number of hydrogen-bond donors (Lipinski definition) is 1. The van der Waals surface area contributed by atoms with Crippen molar-refractivity contribution in [3.63, 3.8) is 0 Å². The molecule has 1 aromatic carbocycles. The fraction of sp³-hybridized carbons (Fsp3) is 0.308. The van der Waals surface area contributed by atoms with E-state index >= 15 is 0 Å². The van der Waals surface area contributed by atoms with Gasteiger partial charge >= 0.3 is 0 Å². The first kappa shape index (κ1) is 9.95. The number of carbonyl (C=O) groups is 1. The standard InChI is InChI=1S/C13H12O2/c14-12(11-7-3-1-4-8-11)13(15)9-5-2-6-10-13/h1,3-4,7-8,15H,2,5,9H2. The van der Waals surface area contributed by atoms with Crippen molar-refractivity contribution in [1.82, 2.24) is 0 Å². The lowest BCUT2D eigenvalue weighted by Gasteiger charge is -2.22. The summed E-state index contributed by atoms with van der Waals surface area (Å²) in [7, 11) is 0. The Morgan fingerprint density at radius 2 is 2.07 bits per heavy atom. The van der Waals surface area contributed by atoms with Crippen molar-refractivity contribution >= 4 is 5.78 Å². The fourth-order valence-corrected chi connectivity index (χ4v) is 1.70. The van der Waals surface area contributed by atoms with E-state index in [-0.39, 0.29) is 5.78 Å². The molecule has 0 amide bonds. The molecule has 1 unspecified atom stereocenters. The molecule has 0 radical (unpaired) electrons. The van der Waals surface area contributed by atoms with Crippen LogP contribution in [-0.4, -0.2) is 16.5 Å². The highest BCUT2D eigenvalue weighted by atomic mass is 16.3. The SMILES string of the molecule is O=C(c1ccccc1)C1(O)C#CCCC1. The van der Waals surface area contributed by atoms with Crippen molar-refractivity contribution in [3.05, 3.63) is 35.9 Å². The summed E-state index contributed by atoms with van der Waals surface area (Å²) in [5.41, 5.74) is -0.934. The average molecular weight is 200 g/mol. The van der Waals surface area contributed by atoms with Crippen LogP contribution in [0.1, 0.15) is 29.6 Å². The van der Waals surface area contributed by atoms with Crippen molar-refractivity contribution in [2.24, 2.45) is 0 Å². The predicted octanol–water partition coefficient (Wildman–Crippen LogP) is 1.79. The van der Waals surface area contributed by atoms with Crippen molar-refractivity contribution in [2.75, 3.05) is 0 Å². The molecule has 1 aliphatic rings. The normalized spacial score (nSPS) is 24.1. The molecule has 15 heavy (non-hydrogen) atoms. The zero-order chi connectivity index (χ0) is 10.7. The Morgan fingerprint density at radius 1 is 1.33 bits per heavy atom. The van der Waals surface area contributed by atoms with Crippen LogP contribution in [0, 0.1) is 11.8 Å². The molecule has 1 N–H and O–H groups in total. The molecular formula is C13H12O2. The molecule has 0 fully saturated rings. The van der Waals surface area contributed by atoms with Gasteiger partial charge in [0.05, 0.1) is 0 Å². The Morgan fingerprint density at radius 3 is 2.67 bits per heavy atom. The molecule has 2 nitrogen and oxygen atoms in total. The predicted molar refractivity (Wildman–Crippen MR) is 57.3 cm³/mol. The van der Waals surface area contributed by atoms with Gasteiger partial charge in [-0.2, -0.15) is 0 Å². The van der Waals surface area contributed by atoms with Crippen molar-refractivity contribution < 1.29 is 9.90 Å². The van der Waals surface area contributed by atoms with Gasteiger partial charge in [0, 0.05) is 12.0 Å². The van der Waals surface area contributed by atoms with E-state index in [0.29, 0.717) is 12.0 Å². The largest absolute Gasteiger partial charge is 0.371 e. The third-order valence-corrected chi connectivity index (χ3v) is 2.55. The first-order valence-electron chi connectivity index (χ1n) is 5.05. The second-order valence-electron chi connectivity index (χ2n) is 3.71. The highest BCUT2D eigenvalue weighted by Crippen LogP contribution is 2.22. The maximum atomic E-state index is 12.0. The zero-order valence-corrected chi connectivity index (χ0v) is 8.36. The number of Topliss-reactive ketones (excluding diaryl/α,β-unsaturated/α-hetero) is 1. The average Bonchev–Trinajstić information content (AvgIpc) is 2.30. The first-order chi connectivity index (χ1) is 7.22. The summed E-state index contributed by atoms with van der Waals surface area (Å²) in [5.74, 6) is 5.17. The lowest BCUT2D eigenvalue weighted by atomic mass is 9.86. The summed E-state index contributed by atoms with van der Waals surface area (Å²) in [6.45, 7) is 0. The van der Waals surface area contributed by atoms with Crippen molar-refractivity contribution in [3.8, 4) is 11.8 Å². The summed E-state index contributed by atoms with van der Waals surface area (Å²) in [4.78, 5) is 12.0. The van der Waals surface area contributed by atoms with Gasteiger partial charge in [0.15, 0.2) is 5.60 Å². The Kier molecular flexibility index (Phi) is 2.57. The van der Waals surface area contributed by atoms with Gasteiger partial charge in [0.25, 0.3) is 0 Å². The van der Waals surface area contributed by atoms with Gasteiger partial charge < -0.3 is 5.11 Å². The summed E-state index contributed by atoms with van der Waals surface area (Å²) >= 11 is 0. The molecule has 0 spiro atoms. The molecule has 1 aromatic rings. The molecule has 0 saturated carbocycles. The van der Waals surface area contributed by atoms with Crippen molar-refractivity contribution in [2.45, 2.75) is 24.9 Å². The van der Waals surface area contributed by atoms with Crippen LogP contribution in [-0.2, 0) is 0 Å². The van der Waals surface area contributed by atoms with Crippen LogP contribution >= 0.6 is 0 Å². The maximum Gasteiger partial charge on any atom is 0.206 e. The van der Waals surface area contributed by atoms with Crippen LogP contribution in [0.5, 0.6) is 0 Å². The van der Waals surface area contributed by atoms with E-state index in [9.17, 15) is 9.90 Å². The van der Waals surface area contributed by atoms with E-state index in [4.69, 9.17) is 0 Å². The van der Waals surface area contributed by atoms with Gasteiger partial charge in [0.2, 0.25) is 5.78 Å². The molecule has 0 aliphatic heterocycles. The number of aliphatic hydroxyl groups is 1. The Labute approximate surface area is 88.9 Å². The van der Waals surface area contributed by atoms with Crippen LogP contribution in [0.4, 0.5) is 0 Å². The highest BCUT2D eigenvalue weighted by molar-refractivity contribution is 6.04. The summed E-state index contributed by atoms with van der Waals surface area (Å²) in [6, 6.07) is 8.82. The molecule has 0 aromatic heterocycles. The fourth-order valence-electron chi connectivity index (χ4n) is 1.70. The van der Waals surface area contributed by atoms with Crippen LogP contribution in [0.2, 0.25) is 0 Å². The molecule has 0 heterocycles. The lowest BCUT2D eigenvalue weighted by Crippen LogP contribution is -2.38. The second-order valence-corrected chi connectivity index (χ2v) is 3.71. The zero-order valence-electron chi connectivity index (χ0n) is 8.36. The second kappa shape index (κ2) is 3.88. The molecule has 2 rings (SSSR count). The van der Waals surface area contributed by atoms with E-state index in [1.165, 1.54) is 0 Å². The molecule has 76 valence electrons. The first-order valence-corrected chi connectivity index (χ1v) is 5.05. The van der Waals surface area contributed by atoms with E-state index in [0.717, 1.165) is 12.8 Å². The van der Waals surface area contributed by atoms with Crippen LogP contribution in [0.3, 0.4) is 0 Å². The lowest BCUT2D eigenvalue weighted by molar-refractivity contribution is 0.0516. The van der Waals surface area contributed by atoms with E-state index in [2.05, 4.69) is 11.8 Å². The third-order valence-electron chi connectivity index (χ3n) is 2.55. The Hall–Kier alpha value is -1.59. The van der Waals surface area contributed by atoms with Gasteiger partial charge in [-0.1, -0.05) is 42.2 Å². The third kappa shape index (κ3) is 1.93. The minimum absolute atomic E-state index is 0.282. The Bertz CT molecular complexity index is 425. The summed E-state index contributed by atoms with van der Waals surface area (Å²) in [5, 5.41) is 10.1. The number of hydrogen-bond acceptors (Lipinski definition) is 2. The number of rotatable bonds is 2. The maximum absolute atomic E-state index is 12.0. The van der Waals surface area contributed by atoms with Crippen molar-refractivity contribution in [1.29, 1.82) is 0 Å². The molecule has 0 saturated heterocycles. The molecule has 0 bridgehead atoms. The van der Waals surface area contributed by atoms with Gasteiger partial charge in [-0.15, -0.1) is 0 Å². The Balaban J connectivity index is 2.31. The molecular weight excluding hydrogens is 188 g/mol. The van der Waals surface area contributed by atoms with Gasteiger partial charge in [-0.3, -0.25) is 4.79 Å². The van der Waals surface area contributed by atoms with Gasteiger partial charge in [-0.25, -0.2) is 0 Å². The monoisotopic (exact) mass is 200 g/mol. The number of ketones is 1. The molecule has 1 atom stereocenters. The van der Waals surface area contributed by atoms with E-state index < -0.39 is 5.60 Å². The quantitative estimate of drug-likeness (QED) is 0.583. The van der Waals surface area contributed by atoms with Crippen LogP contribution in [0.15, 0.2) is 30.3 Å². The number of carbonyl (C=O) groups excluding carboxylic acids is 1. The topological polar surface area (TPSA) is 37.3 Å². The van der Waals surface area contributed by atoms with Gasteiger partial charge in [-0.05, 0) is 12.8 Å². The minimum atomic E-state index is -1.46. The summed E-state index contributed by atoms with van der Waals surface area (Å²) < 4.78 is 0. The van der Waals surface area contributed by atoms with Gasteiger partial charge in [0.1, 0.15) is 0 Å². The smallest absolute Gasteiger partial charge is 0.206 e. The van der Waals surface area contributed by atoms with Crippen LogP contribution < -0.4 is 0 Å². The highest BCUT2D eigenvalue weighted by Gasteiger charge is 2.35. The number of benzene rings is 1. The molecule has 2 heteroatoms. The van der Waals surface area contributed by atoms with E-state index in [1.54, 1.807) is 24.3 Å². The minimum Gasteiger partial charge on any atom is -0.371 e.